The zero-order valence-corrected chi connectivity index (χ0v) is 8.25. The quantitative estimate of drug-likeness (QED) is 0.440. The molecule has 0 radical (unpaired) electrons. The largest absolute Gasteiger partial charge is 0.276 e. The van der Waals surface area contributed by atoms with Crippen molar-refractivity contribution in [3.63, 3.8) is 0 Å². The second-order valence-electron chi connectivity index (χ2n) is 2.73. The number of carbonyl (C=O) groups excluding carboxylic acids is 1. The van der Waals surface area contributed by atoms with Crippen molar-refractivity contribution in [1.82, 2.24) is 0 Å². The lowest BCUT2D eigenvalue weighted by Crippen LogP contribution is -1.98. The zero-order valence-electron chi connectivity index (χ0n) is 7.49. The van der Waals surface area contributed by atoms with Gasteiger partial charge in [-0.25, -0.2) is 0 Å². The summed E-state index contributed by atoms with van der Waals surface area (Å²) in [5.74, 6) is 0. The van der Waals surface area contributed by atoms with E-state index in [1.54, 1.807) is 6.07 Å². The molecule has 0 bridgehead atoms. The van der Waals surface area contributed by atoms with Crippen molar-refractivity contribution in [1.29, 1.82) is 0 Å². The van der Waals surface area contributed by atoms with Gasteiger partial charge in [0.1, 0.15) is 0 Å². The predicted molar refractivity (Wildman–Crippen MR) is 52.7 cm³/mol. The third-order valence-electron chi connectivity index (χ3n) is 1.90. The van der Waals surface area contributed by atoms with Crippen LogP contribution in [0.4, 0.5) is 5.69 Å². The van der Waals surface area contributed by atoms with Gasteiger partial charge in [0.05, 0.1) is 4.92 Å². The van der Waals surface area contributed by atoms with Gasteiger partial charge in [0.2, 0.25) is 0 Å². The van der Waals surface area contributed by atoms with Crippen LogP contribution in [0, 0.1) is 10.1 Å². The van der Waals surface area contributed by atoms with Crippen LogP contribution in [0.25, 0.3) is 0 Å². The predicted octanol–water partition coefficient (Wildman–Crippen LogP) is 2.54. The summed E-state index contributed by atoms with van der Waals surface area (Å²) < 4.78 is 0. The van der Waals surface area contributed by atoms with E-state index in [-0.39, 0.29) is 11.3 Å². The van der Waals surface area contributed by atoms with Crippen molar-refractivity contribution in [3.05, 3.63) is 39.4 Å². The van der Waals surface area contributed by atoms with Crippen LogP contribution in [0.2, 0.25) is 0 Å². The van der Waals surface area contributed by atoms with Crippen LogP contribution in [0.5, 0.6) is 0 Å². The number of aryl methyl sites for hydroxylation is 1. The van der Waals surface area contributed by atoms with Crippen LogP contribution in [0.15, 0.2) is 18.2 Å². The van der Waals surface area contributed by atoms with Crippen LogP contribution in [-0.4, -0.2) is 10.2 Å². The Hall–Kier alpha value is -1.42. The normalized spacial score (nSPS) is 9.86. The highest BCUT2D eigenvalue weighted by Gasteiger charge is 2.13. The molecule has 1 aromatic carbocycles. The molecule has 0 unspecified atom stereocenters. The fraction of sp³-hybridized carbons (Fsp3) is 0.222. The first kappa shape index (κ1) is 10.7. The standard InChI is InChI=1S/C9H8ClNO3/c1-2-6-3-4-7(11(13)14)5-8(6)9(10)12/h3-5H,2H2,1H3. The molecule has 1 rings (SSSR count). The van der Waals surface area contributed by atoms with Crippen molar-refractivity contribution in [2.75, 3.05) is 0 Å². The molecule has 14 heavy (non-hydrogen) atoms. The van der Waals surface area contributed by atoms with Gasteiger partial charge in [0, 0.05) is 17.7 Å². The van der Waals surface area contributed by atoms with E-state index < -0.39 is 10.2 Å². The Morgan fingerprint density at radius 2 is 2.21 bits per heavy atom. The molecule has 4 nitrogen and oxygen atoms in total. The van der Waals surface area contributed by atoms with Crippen molar-refractivity contribution in [3.8, 4) is 0 Å². The number of halogens is 1. The van der Waals surface area contributed by atoms with Gasteiger partial charge in [-0.3, -0.25) is 14.9 Å². The lowest BCUT2D eigenvalue weighted by atomic mass is 10.1. The minimum absolute atomic E-state index is 0.119. The molecule has 0 amide bonds. The average Bonchev–Trinajstić information content (AvgIpc) is 2.16. The molecule has 0 saturated heterocycles. The number of carbonyl (C=O) groups is 1. The lowest BCUT2D eigenvalue weighted by molar-refractivity contribution is -0.384. The summed E-state index contributed by atoms with van der Waals surface area (Å²) in [4.78, 5) is 20.8. The van der Waals surface area contributed by atoms with Gasteiger partial charge in [-0.05, 0) is 23.6 Å². The fourth-order valence-corrected chi connectivity index (χ4v) is 1.35. The number of non-ortho nitro benzene ring substituents is 1. The third-order valence-corrected chi connectivity index (χ3v) is 2.10. The molecule has 0 spiro atoms. The second kappa shape index (κ2) is 4.19. The minimum atomic E-state index is -0.662. The summed E-state index contributed by atoms with van der Waals surface area (Å²) in [7, 11) is 0. The molecule has 0 atom stereocenters. The Balaban J connectivity index is 3.27. The van der Waals surface area contributed by atoms with E-state index in [9.17, 15) is 14.9 Å². The first-order valence-corrected chi connectivity index (χ1v) is 4.41. The average molecular weight is 214 g/mol. The van der Waals surface area contributed by atoms with Crippen molar-refractivity contribution in [2.45, 2.75) is 13.3 Å². The summed E-state index contributed by atoms with van der Waals surface area (Å²) in [5.41, 5.74) is 0.810. The Morgan fingerprint density at radius 3 is 2.64 bits per heavy atom. The number of hydrogen-bond donors (Lipinski definition) is 0. The topological polar surface area (TPSA) is 60.2 Å². The van der Waals surface area contributed by atoms with E-state index in [2.05, 4.69) is 0 Å². The van der Waals surface area contributed by atoms with Gasteiger partial charge in [0.15, 0.2) is 0 Å². The summed E-state index contributed by atoms with van der Waals surface area (Å²) in [6.07, 6.45) is 0.617. The van der Waals surface area contributed by atoms with Gasteiger partial charge in [-0.2, -0.15) is 0 Å². The Labute approximate surface area is 85.6 Å². The fourth-order valence-electron chi connectivity index (χ4n) is 1.17. The van der Waals surface area contributed by atoms with E-state index in [1.807, 2.05) is 6.92 Å². The number of benzene rings is 1. The Kier molecular flexibility index (Phi) is 3.19. The molecule has 0 aromatic heterocycles. The van der Waals surface area contributed by atoms with Gasteiger partial charge in [-0.1, -0.05) is 13.0 Å². The smallest absolute Gasteiger partial charge is 0.270 e. The van der Waals surface area contributed by atoms with Crippen LogP contribution in [0.1, 0.15) is 22.8 Å². The number of rotatable bonds is 3. The third kappa shape index (κ3) is 2.09. The molecule has 0 N–H and O–H groups in total. The second-order valence-corrected chi connectivity index (χ2v) is 3.07. The summed E-state index contributed by atoms with van der Waals surface area (Å²) in [6.45, 7) is 1.85. The van der Waals surface area contributed by atoms with Crippen LogP contribution < -0.4 is 0 Å². The van der Waals surface area contributed by atoms with Crippen molar-refractivity contribution < 1.29 is 9.72 Å². The van der Waals surface area contributed by atoms with Crippen molar-refractivity contribution >= 4 is 22.5 Å². The van der Waals surface area contributed by atoms with Gasteiger partial charge >= 0.3 is 0 Å². The van der Waals surface area contributed by atoms with Crippen molar-refractivity contribution in [2.24, 2.45) is 0 Å². The van der Waals surface area contributed by atoms with E-state index in [0.29, 0.717) is 6.42 Å². The van der Waals surface area contributed by atoms with E-state index >= 15 is 0 Å². The van der Waals surface area contributed by atoms with E-state index in [1.165, 1.54) is 12.1 Å². The van der Waals surface area contributed by atoms with E-state index in [4.69, 9.17) is 11.6 Å². The summed E-state index contributed by atoms with van der Waals surface area (Å²) in [5, 5.41) is 9.77. The highest BCUT2D eigenvalue weighted by molar-refractivity contribution is 6.68. The minimum Gasteiger partial charge on any atom is -0.276 e. The molecule has 1 aromatic rings. The maximum absolute atomic E-state index is 10.9. The Morgan fingerprint density at radius 1 is 1.57 bits per heavy atom. The summed E-state index contributed by atoms with van der Waals surface area (Å²) in [6, 6.07) is 4.12. The molecular formula is C9H8ClNO3. The van der Waals surface area contributed by atoms with Gasteiger partial charge in [0.25, 0.3) is 10.9 Å². The zero-order chi connectivity index (χ0) is 10.7. The maximum Gasteiger partial charge on any atom is 0.270 e. The van der Waals surface area contributed by atoms with Crippen LogP contribution in [0.3, 0.4) is 0 Å². The van der Waals surface area contributed by atoms with E-state index in [0.717, 1.165) is 5.56 Å². The molecule has 0 aliphatic heterocycles. The highest BCUT2D eigenvalue weighted by Crippen LogP contribution is 2.19. The van der Waals surface area contributed by atoms with Gasteiger partial charge in [-0.15, -0.1) is 0 Å². The number of nitro groups is 1. The summed E-state index contributed by atoms with van der Waals surface area (Å²) >= 11 is 5.30. The molecule has 0 saturated carbocycles. The lowest BCUT2D eigenvalue weighted by Gasteiger charge is -2.02. The SMILES string of the molecule is CCc1ccc([N+](=O)[O-])cc1C(=O)Cl. The molecule has 5 heteroatoms. The Bertz CT molecular complexity index is 390. The highest BCUT2D eigenvalue weighted by atomic mass is 35.5. The molecule has 0 fully saturated rings. The first-order chi connectivity index (χ1) is 6.56. The molecule has 0 heterocycles. The molecule has 0 aliphatic carbocycles. The monoisotopic (exact) mass is 213 g/mol. The van der Waals surface area contributed by atoms with Crippen LogP contribution in [-0.2, 0) is 6.42 Å². The van der Waals surface area contributed by atoms with Crippen LogP contribution >= 0.6 is 11.6 Å². The molecular weight excluding hydrogens is 206 g/mol. The molecule has 0 aliphatic rings. The number of hydrogen-bond acceptors (Lipinski definition) is 3. The van der Waals surface area contributed by atoms with Gasteiger partial charge < -0.3 is 0 Å². The first-order valence-electron chi connectivity index (χ1n) is 4.03. The number of nitro benzene ring substituents is 1. The molecule has 74 valence electrons. The number of nitrogens with zero attached hydrogens (tertiary/aromatic N) is 1. The maximum atomic E-state index is 10.9.